The molecule has 0 unspecified atom stereocenters. The van der Waals surface area contributed by atoms with Gasteiger partial charge in [-0.3, -0.25) is 9.69 Å². The third kappa shape index (κ3) is 2.42. The summed E-state index contributed by atoms with van der Waals surface area (Å²) in [5.41, 5.74) is -0.625. The lowest BCUT2D eigenvalue weighted by Crippen LogP contribution is -2.47. The average molecular weight is 258 g/mol. The van der Waals surface area contributed by atoms with Gasteiger partial charge in [0.1, 0.15) is 5.54 Å². The smallest absolute Gasteiger partial charge is 0.325 e. The van der Waals surface area contributed by atoms with Crippen molar-refractivity contribution in [2.45, 2.75) is 31.9 Å². The second-order valence-electron chi connectivity index (χ2n) is 4.69. The summed E-state index contributed by atoms with van der Waals surface area (Å²) in [5.74, 6) is 1.54. The lowest BCUT2D eigenvalue weighted by atomic mass is 9.99. The Labute approximate surface area is 105 Å². The minimum absolute atomic E-state index is 0.0835. The number of urea groups is 1. The van der Waals surface area contributed by atoms with Crippen molar-refractivity contribution in [2.75, 3.05) is 24.7 Å². The number of thioether (sulfide) groups is 1. The molecular weight excluding hydrogens is 240 g/mol. The van der Waals surface area contributed by atoms with Gasteiger partial charge in [-0.1, -0.05) is 0 Å². The maximum atomic E-state index is 12.2. The fraction of sp³-hybridized carbons (Fsp3) is 0.818. The van der Waals surface area contributed by atoms with Crippen LogP contribution in [0.3, 0.4) is 0 Å². The fourth-order valence-electron chi connectivity index (χ4n) is 2.09. The van der Waals surface area contributed by atoms with E-state index in [-0.39, 0.29) is 18.0 Å². The zero-order valence-corrected chi connectivity index (χ0v) is 11.0. The van der Waals surface area contributed by atoms with Gasteiger partial charge in [-0.25, -0.2) is 4.79 Å². The molecule has 1 N–H and O–H groups in total. The van der Waals surface area contributed by atoms with Crippen LogP contribution in [0.15, 0.2) is 0 Å². The molecule has 0 aromatic heterocycles. The van der Waals surface area contributed by atoms with Crippen molar-refractivity contribution in [3.8, 4) is 0 Å². The monoisotopic (exact) mass is 258 g/mol. The van der Waals surface area contributed by atoms with Crippen LogP contribution in [0.2, 0.25) is 0 Å². The molecule has 17 heavy (non-hydrogen) atoms. The molecule has 3 amide bonds. The molecule has 1 spiro atoms. The number of ether oxygens (including phenoxy) is 1. The third-order valence-electron chi connectivity index (χ3n) is 3.03. The summed E-state index contributed by atoms with van der Waals surface area (Å²) >= 11 is 1.71. The first kappa shape index (κ1) is 12.7. The van der Waals surface area contributed by atoms with Crippen LogP contribution >= 0.6 is 11.8 Å². The van der Waals surface area contributed by atoms with Crippen LogP contribution < -0.4 is 5.32 Å². The van der Waals surface area contributed by atoms with E-state index in [0.29, 0.717) is 18.9 Å². The van der Waals surface area contributed by atoms with Gasteiger partial charge < -0.3 is 10.1 Å². The lowest BCUT2D eigenvalue weighted by molar-refractivity contribution is -0.131. The first-order chi connectivity index (χ1) is 8.05. The Balaban J connectivity index is 1.94. The normalized spacial score (nSPS) is 28.5. The number of carbonyl (C=O) groups excluding carboxylic acids is 2. The molecular formula is C11H18N2O3S. The van der Waals surface area contributed by atoms with Gasteiger partial charge in [0.2, 0.25) is 0 Å². The van der Waals surface area contributed by atoms with Crippen molar-refractivity contribution >= 4 is 23.7 Å². The van der Waals surface area contributed by atoms with E-state index in [1.165, 1.54) is 4.90 Å². The van der Waals surface area contributed by atoms with E-state index in [4.69, 9.17) is 4.74 Å². The van der Waals surface area contributed by atoms with Crippen LogP contribution in [-0.4, -0.2) is 53.1 Å². The number of nitrogens with zero attached hydrogens (tertiary/aromatic N) is 1. The van der Waals surface area contributed by atoms with Gasteiger partial charge in [-0.15, -0.1) is 0 Å². The zero-order valence-electron chi connectivity index (χ0n) is 10.2. The Morgan fingerprint density at radius 2 is 2.29 bits per heavy atom. The molecule has 0 aliphatic carbocycles. The van der Waals surface area contributed by atoms with Crippen LogP contribution in [0.5, 0.6) is 0 Å². The molecule has 2 heterocycles. The standard InChI is InChI=1S/C11H18N2O3S/c1-8(2)16-5-4-13-9(14)11(12-10(13)15)3-6-17-7-11/h8H,3-7H2,1-2H3,(H,12,15)/t11-/m0/s1. The van der Waals surface area contributed by atoms with E-state index in [1.54, 1.807) is 11.8 Å². The number of amides is 3. The number of hydrogen-bond donors (Lipinski definition) is 1. The topological polar surface area (TPSA) is 58.6 Å². The van der Waals surface area contributed by atoms with Crippen molar-refractivity contribution in [3.05, 3.63) is 0 Å². The van der Waals surface area contributed by atoms with Crippen molar-refractivity contribution in [3.63, 3.8) is 0 Å². The van der Waals surface area contributed by atoms with Crippen molar-refractivity contribution in [1.29, 1.82) is 0 Å². The predicted molar refractivity (Wildman–Crippen MR) is 66.0 cm³/mol. The van der Waals surface area contributed by atoms with Gasteiger partial charge in [-0.2, -0.15) is 11.8 Å². The fourth-order valence-corrected chi connectivity index (χ4v) is 3.42. The van der Waals surface area contributed by atoms with Gasteiger partial charge in [0.15, 0.2) is 0 Å². The highest BCUT2D eigenvalue weighted by Gasteiger charge is 2.52. The van der Waals surface area contributed by atoms with E-state index >= 15 is 0 Å². The maximum absolute atomic E-state index is 12.2. The summed E-state index contributed by atoms with van der Waals surface area (Å²) < 4.78 is 5.37. The van der Waals surface area contributed by atoms with Crippen LogP contribution in [0.1, 0.15) is 20.3 Å². The zero-order chi connectivity index (χ0) is 12.5. The second-order valence-corrected chi connectivity index (χ2v) is 5.80. The first-order valence-corrected chi connectivity index (χ1v) is 7.04. The van der Waals surface area contributed by atoms with Crippen molar-refractivity contribution in [1.82, 2.24) is 10.2 Å². The van der Waals surface area contributed by atoms with Gasteiger partial charge in [0.05, 0.1) is 19.3 Å². The Morgan fingerprint density at radius 1 is 1.53 bits per heavy atom. The Hall–Kier alpha value is -0.750. The summed E-state index contributed by atoms with van der Waals surface area (Å²) in [5, 5.41) is 2.83. The summed E-state index contributed by atoms with van der Waals surface area (Å²) in [7, 11) is 0. The average Bonchev–Trinajstić information content (AvgIpc) is 2.80. The number of carbonyl (C=O) groups is 2. The molecule has 0 bridgehead atoms. The van der Waals surface area contributed by atoms with E-state index < -0.39 is 5.54 Å². The molecule has 0 radical (unpaired) electrons. The van der Waals surface area contributed by atoms with Crippen LogP contribution in [-0.2, 0) is 9.53 Å². The lowest BCUT2D eigenvalue weighted by Gasteiger charge is -2.19. The molecule has 2 aliphatic heterocycles. The van der Waals surface area contributed by atoms with E-state index in [1.807, 2.05) is 13.8 Å². The predicted octanol–water partition coefficient (Wildman–Crippen LogP) is 0.839. The number of imide groups is 1. The molecule has 2 saturated heterocycles. The highest BCUT2D eigenvalue weighted by molar-refractivity contribution is 7.99. The minimum Gasteiger partial charge on any atom is -0.377 e. The Bertz CT molecular complexity index is 327. The van der Waals surface area contributed by atoms with E-state index in [0.717, 1.165) is 12.2 Å². The van der Waals surface area contributed by atoms with Crippen molar-refractivity contribution < 1.29 is 14.3 Å². The molecule has 2 fully saturated rings. The van der Waals surface area contributed by atoms with Gasteiger partial charge in [-0.05, 0) is 26.0 Å². The minimum atomic E-state index is -0.625. The highest BCUT2D eigenvalue weighted by Crippen LogP contribution is 2.33. The Morgan fingerprint density at radius 3 is 2.88 bits per heavy atom. The van der Waals surface area contributed by atoms with Crippen molar-refractivity contribution in [2.24, 2.45) is 0 Å². The molecule has 2 rings (SSSR count). The second kappa shape index (κ2) is 4.86. The van der Waals surface area contributed by atoms with Crippen LogP contribution in [0, 0.1) is 0 Å². The summed E-state index contributed by atoms with van der Waals surface area (Å²) in [4.78, 5) is 25.2. The molecule has 5 nitrogen and oxygen atoms in total. The first-order valence-electron chi connectivity index (χ1n) is 5.89. The van der Waals surface area contributed by atoms with Gasteiger partial charge in [0.25, 0.3) is 5.91 Å². The molecule has 0 saturated carbocycles. The number of nitrogens with one attached hydrogen (secondary N) is 1. The number of rotatable bonds is 4. The summed E-state index contributed by atoms with van der Waals surface area (Å²) in [6, 6.07) is -0.273. The summed E-state index contributed by atoms with van der Waals surface area (Å²) in [6.07, 6.45) is 0.857. The highest BCUT2D eigenvalue weighted by atomic mass is 32.2. The van der Waals surface area contributed by atoms with Crippen LogP contribution in [0.25, 0.3) is 0 Å². The molecule has 0 aromatic carbocycles. The summed E-state index contributed by atoms with van der Waals surface area (Å²) in [6.45, 7) is 4.61. The Kier molecular flexibility index (Phi) is 3.63. The van der Waals surface area contributed by atoms with E-state index in [2.05, 4.69) is 5.32 Å². The van der Waals surface area contributed by atoms with Gasteiger partial charge in [0, 0.05) is 5.75 Å². The van der Waals surface area contributed by atoms with Crippen LogP contribution in [0.4, 0.5) is 4.79 Å². The molecule has 1 atom stereocenters. The molecule has 0 aromatic rings. The largest absolute Gasteiger partial charge is 0.377 e. The quantitative estimate of drug-likeness (QED) is 0.759. The molecule has 96 valence electrons. The molecule has 2 aliphatic rings. The van der Waals surface area contributed by atoms with E-state index in [9.17, 15) is 9.59 Å². The van der Waals surface area contributed by atoms with Gasteiger partial charge >= 0.3 is 6.03 Å². The third-order valence-corrected chi connectivity index (χ3v) is 4.22. The SMILES string of the molecule is CC(C)OCCN1C(=O)N[C@]2(CCSC2)C1=O. The molecule has 6 heteroatoms. The maximum Gasteiger partial charge on any atom is 0.325 e. The number of hydrogen-bond acceptors (Lipinski definition) is 4.